The number of ether oxygens (including phenoxy) is 1. The maximum atomic E-state index is 13.2. The SMILES string of the molecule is CCNCC(OC(C)(C)C)c1cccc(F)c1. The summed E-state index contributed by atoms with van der Waals surface area (Å²) in [6, 6.07) is 6.60. The molecule has 1 rings (SSSR count). The smallest absolute Gasteiger partial charge is 0.123 e. The molecule has 1 aromatic carbocycles. The summed E-state index contributed by atoms with van der Waals surface area (Å²) in [5.74, 6) is -0.221. The van der Waals surface area contributed by atoms with Crippen molar-refractivity contribution in [1.82, 2.24) is 5.32 Å². The van der Waals surface area contributed by atoms with Crippen LogP contribution in [0.5, 0.6) is 0 Å². The van der Waals surface area contributed by atoms with Crippen molar-refractivity contribution in [1.29, 1.82) is 0 Å². The molecule has 1 aromatic rings. The second-order valence-electron chi connectivity index (χ2n) is 5.08. The predicted octanol–water partition coefficient (Wildman–Crippen LogP) is 3.29. The first kappa shape index (κ1) is 14.1. The average molecular weight is 239 g/mol. The van der Waals surface area contributed by atoms with Crippen molar-refractivity contribution >= 4 is 0 Å². The molecule has 1 atom stereocenters. The van der Waals surface area contributed by atoms with E-state index in [2.05, 4.69) is 5.32 Å². The highest BCUT2D eigenvalue weighted by atomic mass is 19.1. The summed E-state index contributed by atoms with van der Waals surface area (Å²) < 4.78 is 19.2. The van der Waals surface area contributed by atoms with Gasteiger partial charge in [-0.1, -0.05) is 19.1 Å². The fraction of sp³-hybridized carbons (Fsp3) is 0.571. The van der Waals surface area contributed by atoms with Crippen LogP contribution in [-0.4, -0.2) is 18.7 Å². The molecule has 0 spiro atoms. The Kier molecular flexibility index (Phi) is 5.09. The first-order valence-corrected chi connectivity index (χ1v) is 6.06. The van der Waals surface area contributed by atoms with Gasteiger partial charge in [0.1, 0.15) is 5.82 Å². The highest BCUT2D eigenvalue weighted by Crippen LogP contribution is 2.23. The summed E-state index contributed by atoms with van der Waals surface area (Å²) in [5.41, 5.74) is 0.632. The summed E-state index contributed by atoms with van der Waals surface area (Å²) in [4.78, 5) is 0. The number of hydrogen-bond acceptors (Lipinski definition) is 2. The number of nitrogens with one attached hydrogen (secondary N) is 1. The molecule has 0 amide bonds. The molecule has 96 valence electrons. The van der Waals surface area contributed by atoms with Gasteiger partial charge in [-0.25, -0.2) is 4.39 Å². The van der Waals surface area contributed by atoms with Crippen molar-refractivity contribution in [3.05, 3.63) is 35.6 Å². The van der Waals surface area contributed by atoms with E-state index in [9.17, 15) is 4.39 Å². The van der Waals surface area contributed by atoms with Gasteiger partial charge in [-0.3, -0.25) is 0 Å². The molecular formula is C14H22FNO. The quantitative estimate of drug-likeness (QED) is 0.851. The molecule has 0 aromatic heterocycles. The minimum atomic E-state index is -0.244. The monoisotopic (exact) mass is 239 g/mol. The lowest BCUT2D eigenvalue weighted by Gasteiger charge is -2.28. The van der Waals surface area contributed by atoms with E-state index in [1.807, 2.05) is 33.8 Å². The van der Waals surface area contributed by atoms with Crippen LogP contribution < -0.4 is 5.32 Å². The standard InChI is InChI=1S/C14H22FNO/c1-5-16-10-13(17-14(2,3)4)11-7-6-8-12(15)9-11/h6-9,13,16H,5,10H2,1-4H3. The molecule has 0 bridgehead atoms. The van der Waals surface area contributed by atoms with Crippen LogP contribution in [0.25, 0.3) is 0 Å². The maximum absolute atomic E-state index is 13.2. The highest BCUT2D eigenvalue weighted by Gasteiger charge is 2.20. The molecular weight excluding hydrogens is 217 g/mol. The van der Waals surface area contributed by atoms with Gasteiger partial charge in [-0.05, 0) is 45.0 Å². The summed E-state index contributed by atoms with van der Waals surface area (Å²) >= 11 is 0. The number of benzene rings is 1. The molecule has 17 heavy (non-hydrogen) atoms. The molecule has 0 heterocycles. The number of rotatable bonds is 5. The van der Waals surface area contributed by atoms with Gasteiger partial charge in [0.25, 0.3) is 0 Å². The van der Waals surface area contributed by atoms with Gasteiger partial charge in [-0.15, -0.1) is 0 Å². The molecule has 0 radical (unpaired) electrons. The van der Waals surface area contributed by atoms with E-state index in [0.29, 0.717) is 6.54 Å². The van der Waals surface area contributed by atoms with Gasteiger partial charge < -0.3 is 10.1 Å². The fourth-order valence-electron chi connectivity index (χ4n) is 1.64. The van der Waals surface area contributed by atoms with Gasteiger partial charge in [0.05, 0.1) is 11.7 Å². The van der Waals surface area contributed by atoms with Crippen LogP contribution >= 0.6 is 0 Å². The molecule has 1 unspecified atom stereocenters. The van der Waals surface area contributed by atoms with Crippen LogP contribution in [0, 0.1) is 5.82 Å². The number of likely N-dealkylation sites (N-methyl/N-ethyl adjacent to an activating group) is 1. The summed E-state index contributed by atoms with van der Waals surface area (Å²) in [5, 5.41) is 3.24. The zero-order valence-electron chi connectivity index (χ0n) is 11.1. The Morgan fingerprint density at radius 3 is 2.59 bits per heavy atom. The largest absolute Gasteiger partial charge is 0.367 e. The molecule has 0 aliphatic carbocycles. The summed E-state index contributed by atoms with van der Waals surface area (Å²) in [6.45, 7) is 9.62. The molecule has 3 heteroatoms. The zero-order valence-corrected chi connectivity index (χ0v) is 11.1. The molecule has 0 saturated carbocycles. The lowest BCUT2D eigenvalue weighted by atomic mass is 10.1. The average Bonchev–Trinajstić information content (AvgIpc) is 2.22. The fourth-order valence-corrected chi connectivity index (χ4v) is 1.64. The lowest BCUT2D eigenvalue weighted by molar-refractivity contribution is -0.0605. The van der Waals surface area contributed by atoms with Gasteiger partial charge in [0.15, 0.2) is 0 Å². The Morgan fingerprint density at radius 2 is 2.06 bits per heavy atom. The van der Waals surface area contributed by atoms with Gasteiger partial charge >= 0.3 is 0 Å². The van der Waals surface area contributed by atoms with E-state index in [0.717, 1.165) is 12.1 Å². The molecule has 1 N–H and O–H groups in total. The number of hydrogen-bond donors (Lipinski definition) is 1. The Bertz CT molecular complexity index is 346. The Balaban J connectivity index is 2.81. The first-order valence-electron chi connectivity index (χ1n) is 6.06. The second kappa shape index (κ2) is 6.12. The third-order valence-electron chi connectivity index (χ3n) is 2.30. The van der Waals surface area contributed by atoms with Crippen molar-refractivity contribution in [2.24, 2.45) is 0 Å². The highest BCUT2D eigenvalue weighted by molar-refractivity contribution is 5.19. The Labute approximate surface area is 103 Å². The summed E-state index contributed by atoms with van der Waals surface area (Å²) in [6.07, 6.45) is -0.120. The summed E-state index contributed by atoms with van der Waals surface area (Å²) in [7, 11) is 0. The number of halogens is 1. The predicted molar refractivity (Wildman–Crippen MR) is 68.5 cm³/mol. The molecule has 0 aliphatic heterocycles. The van der Waals surface area contributed by atoms with E-state index in [1.165, 1.54) is 12.1 Å². The topological polar surface area (TPSA) is 21.3 Å². The van der Waals surface area contributed by atoms with Crippen LogP contribution in [0.15, 0.2) is 24.3 Å². The normalized spacial score (nSPS) is 13.7. The molecule has 0 saturated heterocycles. The maximum Gasteiger partial charge on any atom is 0.123 e. The van der Waals surface area contributed by atoms with E-state index >= 15 is 0 Å². The van der Waals surface area contributed by atoms with Crippen molar-refractivity contribution in [3.8, 4) is 0 Å². The van der Waals surface area contributed by atoms with Crippen molar-refractivity contribution in [2.75, 3.05) is 13.1 Å². The third kappa shape index (κ3) is 5.29. The Hall–Kier alpha value is -0.930. The van der Waals surface area contributed by atoms with E-state index in [1.54, 1.807) is 6.07 Å². The molecule has 2 nitrogen and oxygen atoms in total. The first-order chi connectivity index (χ1) is 7.92. The molecule has 0 aliphatic rings. The van der Waals surface area contributed by atoms with Crippen LogP contribution in [-0.2, 0) is 4.74 Å². The Morgan fingerprint density at radius 1 is 1.35 bits per heavy atom. The lowest BCUT2D eigenvalue weighted by Crippen LogP contribution is -2.30. The minimum Gasteiger partial charge on any atom is -0.367 e. The van der Waals surface area contributed by atoms with E-state index in [4.69, 9.17) is 4.74 Å². The van der Waals surface area contributed by atoms with Crippen molar-refractivity contribution in [3.63, 3.8) is 0 Å². The van der Waals surface area contributed by atoms with Crippen LogP contribution in [0.2, 0.25) is 0 Å². The van der Waals surface area contributed by atoms with Crippen LogP contribution in [0.3, 0.4) is 0 Å². The third-order valence-corrected chi connectivity index (χ3v) is 2.30. The van der Waals surface area contributed by atoms with Crippen molar-refractivity contribution < 1.29 is 9.13 Å². The zero-order chi connectivity index (χ0) is 12.9. The van der Waals surface area contributed by atoms with Crippen molar-refractivity contribution in [2.45, 2.75) is 39.4 Å². The minimum absolute atomic E-state index is 0.120. The van der Waals surface area contributed by atoms with Gasteiger partial charge in [0, 0.05) is 6.54 Å². The van der Waals surface area contributed by atoms with Crippen LogP contribution in [0.4, 0.5) is 4.39 Å². The van der Waals surface area contributed by atoms with E-state index < -0.39 is 0 Å². The van der Waals surface area contributed by atoms with E-state index in [-0.39, 0.29) is 17.5 Å². The molecule has 0 fully saturated rings. The van der Waals surface area contributed by atoms with Gasteiger partial charge in [-0.2, -0.15) is 0 Å². The van der Waals surface area contributed by atoms with Gasteiger partial charge in [0.2, 0.25) is 0 Å². The second-order valence-corrected chi connectivity index (χ2v) is 5.08. The van der Waals surface area contributed by atoms with Crippen LogP contribution in [0.1, 0.15) is 39.4 Å².